The molecule has 0 heterocycles. The predicted molar refractivity (Wildman–Crippen MR) is 59.1 cm³/mol. The Morgan fingerprint density at radius 3 is 2.65 bits per heavy atom. The molecule has 0 amide bonds. The van der Waals surface area contributed by atoms with Crippen molar-refractivity contribution in [3.8, 4) is 0 Å². The lowest BCUT2D eigenvalue weighted by molar-refractivity contribution is -0.384. The molecule has 6 nitrogen and oxygen atoms in total. The lowest BCUT2D eigenvalue weighted by atomic mass is 10.1. The van der Waals surface area contributed by atoms with Crippen LogP contribution in [-0.4, -0.2) is 23.8 Å². The zero-order valence-electron chi connectivity index (χ0n) is 8.81. The van der Waals surface area contributed by atoms with E-state index in [4.69, 9.17) is 11.6 Å². The maximum absolute atomic E-state index is 11.5. The average molecular weight is 258 g/mol. The van der Waals surface area contributed by atoms with Crippen LogP contribution in [0.4, 0.5) is 5.69 Å². The van der Waals surface area contributed by atoms with Crippen LogP contribution in [0, 0.1) is 10.1 Å². The minimum Gasteiger partial charge on any atom is -0.469 e. The van der Waals surface area contributed by atoms with Gasteiger partial charge in [-0.25, -0.2) is 0 Å². The molecule has 0 atom stereocenters. The second kappa shape index (κ2) is 5.40. The summed E-state index contributed by atoms with van der Waals surface area (Å²) in [4.78, 5) is 32.3. The Hall–Kier alpha value is -1.95. The summed E-state index contributed by atoms with van der Waals surface area (Å²) in [7, 11) is 1.15. The van der Waals surface area contributed by atoms with Crippen LogP contribution >= 0.6 is 11.6 Å². The van der Waals surface area contributed by atoms with Crippen LogP contribution in [0.5, 0.6) is 0 Å². The molecule has 0 radical (unpaired) electrons. The highest BCUT2D eigenvalue weighted by Crippen LogP contribution is 2.25. The van der Waals surface area contributed by atoms with Crippen LogP contribution in [0.3, 0.4) is 0 Å². The van der Waals surface area contributed by atoms with Crippen LogP contribution < -0.4 is 0 Å². The van der Waals surface area contributed by atoms with E-state index in [-0.39, 0.29) is 16.3 Å². The second-order valence-corrected chi connectivity index (χ2v) is 3.51. The van der Waals surface area contributed by atoms with E-state index in [2.05, 4.69) is 4.74 Å². The molecule has 7 heteroatoms. The van der Waals surface area contributed by atoms with Gasteiger partial charge in [-0.15, -0.1) is 0 Å². The van der Waals surface area contributed by atoms with Gasteiger partial charge in [0.05, 0.1) is 12.0 Å². The zero-order chi connectivity index (χ0) is 13.0. The van der Waals surface area contributed by atoms with E-state index in [1.165, 1.54) is 12.1 Å². The molecule has 17 heavy (non-hydrogen) atoms. The van der Waals surface area contributed by atoms with E-state index < -0.39 is 23.1 Å². The SMILES string of the molecule is COC(=O)CC(=O)c1ccc(Cl)c([N+](=O)[O-])c1. The predicted octanol–water partition coefficient (Wildman–Crippen LogP) is 1.99. The van der Waals surface area contributed by atoms with E-state index >= 15 is 0 Å². The Bertz CT molecular complexity index is 486. The maximum Gasteiger partial charge on any atom is 0.313 e. The normalized spacial score (nSPS) is 9.76. The minimum atomic E-state index is -0.701. The summed E-state index contributed by atoms with van der Waals surface area (Å²) in [6.45, 7) is 0. The molecule has 0 aliphatic rings. The van der Waals surface area contributed by atoms with Crippen molar-refractivity contribution in [1.82, 2.24) is 0 Å². The molecule has 0 aliphatic heterocycles. The van der Waals surface area contributed by atoms with Crippen LogP contribution in [0.2, 0.25) is 5.02 Å². The van der Waals surface area contributed by atoms with Gasteiger partial charge < -0.3 is 4.74 Å². The Kier molecular flexibility index (Phi) is 4.17. The highest BCUT2D eigenvalue weighted by Gasteiger charge is 2.18. The summed E-state index contributed by atoms with van der Waals surface area (Å²) in [6, 6.07) is 3.60. The van der Waals surface area contributed by atoms with Crippen molar-refractivity contribution in [2.45, 2.75) is 6.42 Å². The molecule has 0 spiro atoms. The standard InChI is InChI=1S/C10H8ClNO5/c1-17-10(14)5-9(13)6-2-3-7(11)8(4-6)12(15)16/h2-4H,5H2,1H3. The summed E-state index contributed by atoms with van der Waals surface area (Å²) in [5.41, 5.74) is -0.325. The van der Waals surface area contributed by atoms with Crippen molar-refractivity contribution in [2.75, 3.05) is 7.11 Å². The number of carbonyl (C=O) groups is 2. The highest BCUT2D eigenvalue weighted by atomic mass is 35.5. The summed E-state index contributed by atoms with van der Waals surface area (Å²) < 4.78 is 4.32. The van der Waals surface area contributed by atoms with Gasteiger partial charge in [0, 0.05) is 11.6 Å². The fourth-order valence-electron chi connectivity index (χ4n) is 1.13. The highest BCUT2D eigenvalue weighted by molar-refractivity contribution is 6.32. The van der Waals surface area contributed by atoms with Crippen molar-refractivity contribution < 1.29 is 19.2 Å². The number of Topliss-reactive ketones (excluding diaryl/α,β-unsaturated/α-hetero) is 1. The van der Waals surface area contributed by atoms with E-state index in [1.807, 2.05) is 0 Å². The summed E-state index contributed by atoms with van der Waals surface area (Å²) in [6.07, 6.45) is -0.463. The van der Waals surface area contributed by atoms with E-state index in [1.54, 1.807) is 0 Å². The molecule has 0 bridgehead atoms. The first-order valence-electron chi connectivity index (χ1n) is 4.49. The van der Waals surface area contributed by atoms with Crippen molar-refractivity contribution in [3.05, 3.63) is 38.9 Å². The van der Waals surface area contributed by atoms with Gasteiger partial charge in [-0.1, -0.05) is 11.6 Å². The molecule has 0 saturated carbocycles. The van der Waals surface area contributed by atoms with Crippen LogP contribution in [0.15, 0.2) is 18.2 Å². The van der Waals surface area contributed by atoms with Gasteiger partial charge in [0.1, 0.15) is 11.4 Å². The molecular formula is C10H8ClNO5. The van der Waals surface area contributed by atoms with Gasteiger partial charge in [0.2, 0.25) is 0 Å². The summed E-state index contributed by atoms with van der Waals surface area (Å²) in [5, 5.41) is 10.5. The number of carbonyl (C=O) groups excluding carboxylic acids is 2. The monoisotopic (exact) mass is 257 g/mol. The van der Waals surface area contributed by atoms with Crippen molar-refractivity contribution >= 4 is 29.0 Å². The number of ether oxygens (including phenoxy) is 1. The second-order valence-electron chi connectivity index (χ2n) is 3.10. The number of esters is 1. The van der Waals surface area contributed by atoms with Gasteiger partial charge in [-0.2, -0.15) is 0 Å². The molecule has 0 aliphatic carbocycles. The van der Waals surface area contributed by atoms with Crippen LogP contribution in [-0.2, 0) is 9.53 Å². The van der Waals surface area contributed by atoms with Gasteiger partial charge in [0.25, 0.3) is 5.69 Å². The third-order valence-corrected chi connectivity index (χ3v) is 2.32. The largest absolute Gasteiger partial charge is 0.469 e. The molecule has 0 saturated heterocycles. The van der Waals surface area contributed by atoms with Crippen LogP contribution in [0.25, 0.3) is 0 Å². The third-order valence-electron chi connectivity index (χ3n) is 2.00. The number of ketones is 1. The zero-order valence-corrected chi connectivity index (χ0v) is 9.56. The number of nitrogens with zero attached hydrogens (tertiary/aromatic N) is 1. The molecule has 0 aromatic heterocycles. The summed E-state index contributed by atoms with van der Waals surface area (Å²) >= 11 is 5.58. The number of hydrogen-bond acceptors (Lipinski definition) is 5. The first-order valence-corrected chi connectivity index (χ1v) is 4.87. The quantitative estimate of drug-likeness (QED) is 0.271. The summed E-state index contributed by atoms with van der Waals surface area (Å²) in [5.74, 6) is -1.26. The Labute approximate surface area is 101 Å². The molecule has 0 fully saturated rings. The number of rotatable bonds is 4. The van der Waals surface area contributed by atoms with Crippen molar-refractivity contribution in [2.24, 2.45) is 0 Å². The Morgan fingerprint density at radius 1 is 1.47 bits per heavy atom. The first-order chi connectivity index (χ1) is 7.95. The third kappa shape index (κ3) is 3.25. The van der Waals surface area contributed by atoms with Crippen LogP contribution in [0.1, 0.15) is 16.8 Å². The van der Waals surface area contributed by atoms with Gasteiger partial charge in [-0.3, -0.25) is 19.7 Å². The van der Waals surface area contributed by atoms with Gasteiger partial charge >= 0.3 is 5.97 Å². The maximum atomic E-state index is 11.5. The average Bonchev–Trinajstić information content (AvgIpc) is 2.28. The van der Waals surface area contributed by atoms with E-state index in [0.717, 1.165) is 13.2 Å². The molecule has 1 aromatic rings. The van der Waals surface area contributed by atoms with Crippen molar-refractivity contribution in [1.29, 1.82) is 0 Å². The topological polar surface area (TPSA) is 86.5 Å². The fourth-order valence-corrected chi connectivity index (χ4v) is 1.32. The Morgan fingerprint density at radius 2 is 2.12 bits per heavy atom. The molecule has 1 aromatic carbocycles. The number of methoxy groups -OCH3 is 1. The lowest BCUT2D eigenvalue weighted by Gasteiger charge is -2.01. The number of halogens is 1. The number of hydrogen-bond donors (Lipinski definition) is 0. The molecule has 0 unspecified atom stereocenters. The smallest absolute Gasteiger partial charge is 0.313 e. The lowest BCUT2D eigenvalue weighted by Crippen LogP contribution is -2.09. The molecular weight excluding hydrogens is 250 g/mol. The van der Waals surface area contributed by atoms with E-state index in [0.29, 0.717) is 0 Å². The minimum absolute atomic E-state index is 0.0477. The van der Waals surface area contributed by atoms with Gasteiger partial charge in [0.15, 0.2) is 5.78 Å². The Balaban J connectivity index is 3.00. The number of benzene rings is 1. The molecule has 1 rings (SSSR count). The van der Waals surface area contributed by atoms with Gasteiger partial charge in [-0.05, 0) is 12.1 Å². The first kappa shape index (κ1) is 13.1. The number of nitro groups is 1. The number of nitro benzene ring substituents is 1. The van der Waals surface area contributed by atoms with Crippen molar-refractivity contribution in [3.63, 3.8) is 0 Å². The molecule has 90 valence electrons. The van der Waals surface area contributed by atoms with E-state index in [9.17, 15) is 19.7 Å². The molecule has 0 N–H and O–H groups in total. The fraction of sp³-hybridized carbons (Fsp3) is 0.200.